The fourth-order valence-electron chi connectivity index (χ4n) is 3.02. The second-order valence-electron chi connectivity index (χ2n) is 6.57. The van der Waals surface area contributed by atoms with Gasteiger partial charge in [-0.15, -0.1) is 0 Å². The number of unbranched alkanes of at least 4 members (excludes halogenated alkanes) is 2. The van der Waals surface area contributed by atoms with Crippen LogP contribution in [0.3, 0.4) is 0 Å². The Bertz CT molecular complexity index is 446. The maximum atomic E-state index is 7.74. The molecule has 0 spiro atoms. The number of rotatable bonds is 13. The van der Waals surface area contributed by atoms with Gasteiger partial charge in [-0.1, -0.05) is 66.2 Å². The van der Waals surface area contributed by atoms with E-state index in [4.69, 9.17) is 2.74 Å². The highest BCUT2D eigenvalue weighted by Gasteiger charge is 2.19. The molecule has 0 aliphatic rings. The molecular weight excluding hydrogens is 284 g/mol. The molecule has 23 heavy (non-hydrogen) atoms. The Kier molecular flexibility index (Phi) is 8.88. The van der Waals surface area contributed by atoms with Gasteiger partial charge in [0.1, 0.15) is 15.3 Å². The van der Waals surface area contributed by atoms with Crippen molar-refractivity contribution >= 4 is 5.95 Å². The molecule has 0 saturated heterocycles. The average molecular weight is 323 g/mol. The van der Waals surface area contributed by atoms with Gasteiger partial charge in [-0.25, -0.2) is 15.0 Å². The molecule has 1 rings (SSSR count). The van der Waals surface area contributed by atoms with Crippen LogP contribution in [-0.4, -0.2) is 28.0 Å². The minimum Gasteiger partial charge on any atom is -0.340 e. The van der Waals surface area contributed by atoms with Crippen molar-refractivity contribution in [2.24, 2.45) is 11.8 Å². The maximum Gasteiger partial charge on any atom is 0.228 e. The normalized spacial score (nSPS) is 15.0. The van der Waals surface area contributed by atoms with E-state index in [2.05, 4.69) is 47.5 Å². The smallest absolute Gasteiger partial charge is 0.228 e. The van der Waals surface area contributed by atoms with Gasteiger partial charge in [0.15, 0.2) is 0 Å². The van der Waals surface area contributed by atoms with E-state index in [1.807, 2.05) is 0 Å². The summed E-state index contributed by atoms with van der Waals surface area (Å²) >= 11 is 0. The Balaban J connectivity index is 2.95. The third kappa shape index (κ3) is 7.76. The van der Waals surface area contributed by atoms with Crippen molar-refractivity contribution in [2.45, 2.75) is 79.1 Å². The lowest BCUT2D eigenvalue weighted by atomic mass is 9.96. The molecule has 4 nitrogen and oxygen atoms in total. The van der Waals surface area contributed by atoms with E-state index in [1.54, 1.807) is 0 Å². The summed E-state index contributed by atoms with van der Waals surface area (Å²) < 4.78 is 15.5. The van der Waals surface area contributed by atoms with Gasteiger partial charge < -0.3 is 4.90 Å². The largest absolute Gasteiger partial charge is 0.340 e. The zero-order chi connectivity index (χ0) is 18.7. The summed E-state index contributed by atoms with van der Waals surface area (Å²) in [5.41, 5.74) is 0. The van der Waals surface area contributed by atoms with Gasteiger partial charge >= 0.3 is 0 Å². The Morgan fingerprint density at radius 1 is 0.913 bits per heavy atom. The van der Waals surface area contributed by atoms with Gasteiger partial charge in [0, 0.05) is 13.1 Å². The zero-order valence-electron chi connectivity index (χ0n) is 17.5. The van der Waals surface area contributed by atoms with Crippen LogP contribution in [0.15, 0.2) is 12.6 Å². The van der Waals surface area contributed by atoms with Crippen LogP contribution in [0, 0.1) is 11.8 Å². The topological polar surface area (TPSA) is 41.9 Å². The Morgan fingerprint density at radius 3 is 1.78 bits per heavy atom. The third-order valence-corrected chi connectivity index (χ3v) is 4.73. The van der Waals surface area contributed by atoms with Gasteiger partial charge in [-0.3, -0.25) is 0 Å². The van der Waals surface area contributed by atoms with Crippen LogP contribution in [-0.2, 0) is 0 Å². The summed E-state index contributed by atoms with van der Waals surface area (Å²) in [6, 6.07) is 0. The molecule has 0 aliphatic heterocycles. The van der Waals surface area contributed by atoms with Crippen LogP contribution in [0.25, 0.3) is 0 Å². The monoisotopic (exact) mass is 322 g/mol. The number of anilines is 1. The van der Waals surface area contributed by atoms with Crippen molar-refractivity contribution in [1.82, 2.24) is 15.0 Å². The summed E-state index contributed by atoms with van der Waals surface area (Å²) in [5, 5.41) is 0. The van der Waals surface area contributed by atoms with Gasteiger partial charge in [0.25, 0.3) is 0 Å². The van der Waals surface area contributed by atoms with Crippen LogP contribution in [0.5, 0.6) is 0 Å². The second-order valence-corrected chi connectivity index (χ2v) is 6.57. The van der Waals surface area contributed by atoms with Crippen molar-refractivity contribution < 1.29 is 2.74 Å². The highest BCUT2D eigenvalue weighted by molar-refractivity contribution is 5.27. The average Bonchev–Trinajstić information content (AvgIpc) is 2.59. The lowest BCUT2D eigenvalue weighted by Crippen LogP contribution is -2.35. The van der Waals surface area contributed by atoms with E-state index in [9.17, 15) is 0 Å². The molecule has 2 unspecified atom stereocenters. The Morgan fingerprint density at radius 2 is 1.39 bits per heavy atom. The predicted molar refractivity (Wildman–Crippen MR) is 98.7 cm³/mol. The first-order valence-electron chi connectivity index (χ1n) is 10.5. The van der Waals surface area contributed by atoms with Crippen molar-refractivity contribution in [3.05, 3.63) is 12.6 Å². The first-order valence-corrected chi connectivity index (χ1v) is 9.48. The minimum atomic E-state index is -0.108. The SMILES string of the molecule is [2H]c1nc([2H])nc(N(CC(CC)CCCC)CC(CC)CCCC)n1. The molecule has 0 aromatic carbocycles. The number of aromatic nitrogens is 3. The van der Waals surface area contributed by atoms with Gasteiger partial charge in [0.05, 0.1) is 0 Å². The zero-order valence-corrected chi connectivity index (χ0v) is 15.5. The summed E-state index contributed by atoms with van der Waals surface area (Å²) in [5.74, 6) is 1.71. The summed E-state index contributed by atoms with van der Waals surface area (Å²) in [6.45, 7) is 10.8. The number of hydrogen-bond donors (Lipinski definition) is 0. The Hall–Kier alpha value is -1.19. The van der Waals surface area contributed by atoms with Crippen molar-refractivity contribution in [1.29, 1.82) is 0 Å². The van der Waals surface area contributed by atoms with E-state index < -0.39 is 0 Å². The van der Waals surface area contributed by atoms with Gasteiger partial charge in [0.2, 0.25) is 5.95 Å². The highest BCUT2D eigenvalue weighted by atomic mass is 15.3. The number of hydrogen-bond acceptors (Lipinski definition) is 4. The van der Waals surface area contributed by atoms with Crippen LogP contribution in [0.4, 0.5) is 5.95 Å². The van der Waals surface area contributed by atoms with Crippen LogP contribution in [0.1, 0.15) is 81.8 Å². The highest BCUT2D eigenvalue weighted by Crippen LogP contribution is 2.21. The second kappa shape index (κ2) is 12.3. The first-order chi connectivity index (χ1) is 12.0. The third-order valence-electron chi connectivity index (χ3n) is 4.73. The minimum absolute atomic E-state index is 0.108. The molecule has 0 aliphatic carbocycles. The first kappa shape index (κ1) is 16.7. The molecule has 1 aromatic rings. The maximum absolute atomic E-state index is 7.74. The van der Waals surface area contributed by atoms with Gasteiger partial charge in [-0.05, 0) is 24.7 Å². The summed E-state index contributed by atoms with van der Waals surface area (Å²) in [4.78, 5) is 14.4. The van der Waals surface area contributed by atoms with E-state index in [0.29, 0.717) is 17.8 Å². The summed E-state index contributed by atoms with van der Waals surface area (Å²) in [6.07, 6.45) is 9.38. The lowest BCUT2D eigenvalue weighted by Gasteiger charge is -2.30. The lowest BCUT2D eigenvalue weighted by molar-refractivity contribution is 0.400. The molecule has 0 N–H and O–H groups in total. The molecule has 0 radical (unpaired) electrons. The van der Waals surface area contributed by atoms with E-state index >= 15 is 0 Å². The van der Waals surface area contributed by atoms with Crippen molar-refractivity contribution in [3.8, 4) is 0 Å². The van der Waals surface area contributed by atoms with Crippen molar-refractivity contribution in [2.75, 3.05) is 18.0 Å². The molecule has 2 atom stereocenters. The van der Waals surface area contributed by atoms with E-state index in [0.717, 1.165) is 25.9 Å². The number of nitrogens with zero attached hydrogens (tertiary/aromatic N) is 4. The Labute approximate surface area is 145 Å². The fraction of sp³-hybridized carbons (Fsp3) is 0.842. The van der Waals surface area contributed by atoms with Crippen LogP contribution in [0.2, 0.25) is 0 Å². The fourth-order valence-corrected chi connectivity index (χ4v) is 3.02. The standard InChI is InChI=1S/C19H36N4/c1-5-9-11-17(7-3)13-23(19-21-15-20-16-22-19)14-18(8-4)12-10-6-2/h15-18H,5-14H2,1-4H3/i15D,16D. The molecular formula is C19H36N4. The van der Waals surface area contributed by atoms with Crippen LogP contribution >= 0.6 is 0 Å². The predicted octanol–water partition coefficient (Wildman–Crippen LogP) is 5.11. The molecule has 1 aromatic heterocycles. The molecule has 1 heterocycles. The molecule has 4 heteroatoms. The van der Waals surface area contributed by atoms with Gasteiger partial charge in [-0.2, -0.15) is 0 Å². The summed E-state index contributed by atoms with van der Waals surface area (Å²) in [7, 11) is 0. The van der Waals surface area contributed by atoms with E-state index in [1.165, 1.54) is 38.5 Å². The van der Waals surface area contributed by atoms with Crippen molar-refractivity contribution in [3.63, 3.8) is 0 Å². The van der Waals surface area contributed by atoms with E-state index in [-0.39, 0.29) is 12.6 Å². The molecule has 132 valence electrons. The quantitative estimate of drug-likeness (QED) is 0.506. The molecule has 0 saturated carbocycles. The molecule has 0 fully saturated rings. The molecule has 0 amide bonds. The van der Waals surface area contributed by atoms with Crippen LogP contribution < -0.4 is 4.90 Å². The molecule has 0 bridgehead atoms.